The van der Waals surface area contributed by atoms with E-state index in [1.165, 1.54) is 18.2 Å². The molecule has 0 saturated heterocycles. The molecule has 0 aliphatic rings. The molecular weight excluding hydrogens is 240 g/mol. The van der Waals surface area contributed by atoms with E-state index in [0.29, 0.717) is 16.3 Å². The second kappa shape index (κ2) is 4.51. The van der Waals surface area contributed by atoms with Crippen LogP contribution in [0.2, 0.25) is 5.02 Å². The van der Waals surface area contributed by atoms with Gasteiger partial charge < -0.3 is 0 Å². The average Bonchev–Trinajstić information content (AvgIpc) is 2.31. The van der Waals surface area contributed by atoms with Crippen LogP contribution in [0.25, 0.3) is 11.3 Å². The van der Waals surface area contributed by atoms with E-state index < -0.39 is 4.92 Å². The maximum Gasteiger partial charge on any atom is 0.270 e. The van der Waals surface area contributed by atoms with Crippen LogP contribution in [-0.4, -0.2) is 9.91 Å². The number of nitro groups is 1. The summed E-state index contributed by atoms with van der Waals surface area (Å²) in [6, 6.07) is 7.99. The molecule has 0 saturated carbocycles. The third-order valence-corrected chi connectivity index (χ3v) is 2.68. The highest BCUT2D eigenvalue weighted by molar-refractivity contribution is 6.33. The van der Waals surface area contributed by atoms with Crippen LogP contribution >= 0.6 is 11.6 Å². The van der Waals surface area contributed by atoms with Crippen LogP contribution in [0, 0.1) is 17.0 Å². The van der Waals surface area contributed by atoms with Crippen LogP contribution < -0.4 is 0 Å². The van der Waals surface area contributed by atoms with E-state index in [1.54, 1.807) is 12.3 Å². The lowest BCUT2D eigenvalue weighted by Crippen LogP contribution is -1.90. The topological polar surface area (TPSA) is 56.0 Å². The van der Waals surface area contributed by atoms with Crippen molar-refractivity contribution in [2.45, 2.75) is 6.92 Å². The number of pyridine rings is 1. The van der Waals surface area contributed by atoms with E-state index in [-0.39, 0.29) is 5.69 Å². The van der Waals surface area contributed by atoms with E-state index in [2.05, 4.69) is 4.98 Å². The Morgan fingerprint density at radius 2 is 2.06 bits per heavy atom. The van der Waals surface area contributed by atoms with Crippen LogP contribution in [0.1, 0.15) is 5.56 Å². The summed E-state index contributed by atoms with van der Waals surface area (Å²) in [5.41, 5.74) is 2.23. The largest absolute Gasteiger partial charge is 0.270 e. The summed E-state index contributed by atoms with van der Waals surface area (Å²) in [5, 5.41) is 11.1. The van der Waals surface area contributed by atoms with Crippen molar-refractivity contribution in [1.29, 1.82) is 0 Å². The average molecular weight is 249 g/mol. The van der Waals surface area contributed by atoms with Gasteiger partial charge in [0, 0.05) is 23.9 Å². The van der Waals surface area contributed by atoms with Gasteiger partial charge in [-0.2, -0.15) is 0 Å². The maximum atomic E-state index is 10.7. The van der Waals surface area contributed by atoms with E-state index in [9.17, 15) is 10.1 Å². The molecule has 0 spiro atoms. The molecule has 2 rings (SSSR count). The number of aryl methyl sites for hydroxylation is 1. The molecule has 4 nitrogen and oxygen atoms in total. The molecule has 0 fully saturated rings. The summed E-state index contributed by atoms with van der Waals surface area (Å²) in [5.74, 6) is 0. The van der Waals surface area contributed by atoms with Crippen molar-refractivity contribution in [2.24, 2.45) is 0 Å². The van der Waals surface area contributed by atoms with Crippen LogP contribution in [0.15, 0.2) is 36.5 Å². The lowest BCUT2D eigenvalue weighted by Gasteiger charge is -2.03. The zero-order chi connectivity index (χ0) is 12.4. The van der Waals surface area contributed by atoms with Crippen LogP contribution in [-0.2, 0) is 0 Å². The number of halogens is 1. The van der Waals surface area contributed by atoms with Gasteiger partial charge in [0.05, 0.1) is 15.6 Å². The van der Waals surface area contributed by atoms with Crippen molar-refractivity contribution in [2.75, 3.05) is 0 Å². The van der Waals surface area contributed by atoms with Crippen molar-refractivity contribution >= 4 is 17.3 Å². The monoisotopic (exact) mass is 248 g/mol. The minimum Gasteiger partial charge on any atom is -0.258 e. The fraction of sp³-hybridized carbons (Fsp3) is 0.0833. The Hall–Kier alpha value is -1.94. The van der Waals surface area contributed by atoms with E-state index in [0.717, 1.165) is 5.56 Å². The standard InChI is InChI=1S/C12H9ClN2O2/c1-8-2-5-12(14-7-8)10-6-9(15(16)17)3-4-11(10)13/h2-7H,1H3. The first-order valence-electron chi connectivity index (χ1n) is 4.95. The normalized spacial score (nSPS) is 10.2. The molecule has 1 heterocycles. The molecule has 0 radical (unpaired) electrons. The van der Waals surface area contributed by atoms with E-state index in [1.807, 2.05) is 13.0 Å². The highest BCUT2D eigenvalue weighted by Gasteiger charge is 2.11. The van der Waals surface area contributed by atoms with Gasteiger partial charge in [-0.1, -0.05) is 17.7 Å². The zero-order valence-electron chi connectivity index (χ0n) is 9.05. The van der Waals surface area contributed by atoms with Gasteiger partial charge in [0.25, 0.3) is 5.69 Å². The molecule has 0 N–H and O–H groups in total. The van der Waals surface area contributed by atoms with Gasteiger partial charge in [0.15, 0.2) is 0 Å². The third-order valence-electron chi connectivity index (χ3n) is 2.35. The Kier molecular flexibility index (Phi) is 3.06. The first-order chi connectivity index (χ1) is 8.08. The Bertz CT molecular complexity index is 567. The van der Waals surface area contributed by atoms with Crippen molar-refractivity contribution in [3.63, 3.8) is 0 Å². The SMILES string of the molecule is Cc1ccc(-c2cc([N+](=O)[O-])ccc2Cl)nc1. The van der Waals surface area contributed by atoms with Crippen molar-refractivity contribution < 1.29 is 4.92 Å². The molecule has 1 aromatic heterocycles. The Labute approximate surface area is 103 Å². The number of nitro benzene ring substituents is 1. The molecule has 86 valence electrons. The number of aromatic nitrogens is 1. The van der Waals surface area contributed by atoms with Crippen molar-refractivity contribution in [1.82, 2.24) is 4.98 Å². The molecule has 0 unspecified atom stereocenters. The number of non-ortho nitro benzene ring substituents is 1. The summed E-state index contributed by atoms with van der Waals surface area (Å²) < 4.78 is 0. The summed E-state index contributed by atoms with van der Waals surface area (Å²) in [7, 11) is 0. The van der Waals surface area contributed by atoms with Gasteiger partial charge in [-0.15, -0.1) is 0 Å². The quantitative estimate of drug-likeness (QED) is 0.602. The second-order valence-corrected chi connectivity index (χ2v) is 4.05. The predicted octanol–water partition coefficient (Wildman–Crippen LogP) is 3.62. The minimum atomic E-state index is -0.450. The van der Waals surface area contributed by atoms with Gasteiger partial charge in [-0.05, 0) is 24.6 Å². The second-order valence-electron chi connectivity index (χ2n) is 3.64. The fourth-order valence-corrected chi connectivity index (χ4v) is 1.66. The molecule has 5 heteroatoms. The van der Waals surface area contributed by atoms with Gasteiger partial charge in [-0.25, -0.2) is 0 Å². The Morgan fingerprint density at radius 1 is 1.29 bits per heavy atom. The number of nitrogens with zero attached hydrogens (tertiary/aromatic N) is 2. The lowest BCUT2D eigenvalue weighted by molar-refractivity contribution is -0.384. The van der Waals surface area contributed by atoms with E-state index >= 15 is 0 Å². The van der Waals surface area contributed by atoms with Crippen molar-refractivity contribution in [3.05, 3.63) is 57.2 Å². The number of rotatable bonds is 2. The molecule has 2 aromatic rings. The van der Waals surface area contributed by atoms with Gasteiger partial charge in [-0.3, -0.25) is 15.1 Å². The molecule has 17 heavy (non-hydrogen) atoms. The first-order valence-corrected chi connectivity index (χ1v) is 5.32. The van der Waals surface area contributed by atoms with Crippen LogP contribution in [0.3, 0.4) is 0 Å². The zero-order valence-corrected chi connectivity index (χ0v) is 9.81. The molecule has 0 aliphatic carbocycles. The Morgan fingerprint density at radius 3 is 2.65 bits per heavy atom. The van der Waals surface area contributed by atoms with Gasteiger partial charge in [0.1, 0.15) is 0 Å². The highest BCUT2D eigenvalue weighted by Crippen LogP contribution is 2.30. The highest BCUT2D eigenvalue weighted by atomic mass is 35.5. The van der Waals surface area contributed by atoms with E-state index in [4.69, 9.17) is 11.6 Å². The van der Waals surface area contributed by atoms with Crippen LogP contribution in [0.4, 0.5) is 5.69 Å². The maximum absolute atomic E-state index is 10.7. The fourth-order valence-electron chi connectivity index (χ4n) is 1.45. The summed E-state index contributed by atoms with van der Waals surface area (Å²) in [6.45, 7) is 1.92. The molecule has 0 atom stereocenters. The number of benzene rings is 1. The summed E-state index contributed by atoms with van der Waals surface area (Å²) in [6.07, 6.45) is 1.70. The molecule has 0 bridgehead atoms. The lowest BCUT2D eigenvalue weighted by atomic mass is 10.1. The molecule has 0 aliphatic heterocycles. The minimum absolute atomic E-state index is 0.00627. The van der Waals surface area contributed by atoms with Gasteiger partial charge in [0.2, 0.25) is 0 Å². The smallest absolute Gasteiger partial charge is 0.258 e. The molecule has 1 aromatic carbocycles. The molecule has 0 amide bonds. The number of hydrogen-bond acceptors (Lipinski definition) is 3. The Balaban J connectivity index is 2.54. The predicted molar refractivity (Wildman–Crippen MR) is 66.1 cm³/mol. The summed E-state index contributed by atoms with van der Waals surface area (Å²) >= 11 is 6.01. The van der Waals surface area contributed by atoms with Crippen LogP contribution in [0.5, 0.6) is 0 Å². The first kappa shape index (κ1) is 11.5. The molecular formula is C12H9ClN2O2. The van der Waals surface area contributed by atoms with Crippen molar-refractivity contribution in [3.8, 4) is 11.3 Å². The summed E-state index contributed by atoms with van der Waals surface area (Å²) in [4.78, 5) is 14.4. The number of hydrogen-bond donors (Lipinski definition) is 0. The van der Waals surface area contributed by atoms with Gasteiger partial charge >= 0.3 is 0 Å². The third kappa shape index (κ3) is 2.42.